The number of aliphatic hydroxyl groups is 3. The lowest BCUT2D eigenvalue weighted by atomic mass is 9.44. The normalized spacial score (nSPS) is 61.2. The molecule has 0 aromatic heterocycles. The minimum Gasteiger partial charge on any atom is -0.393 e. The number of aliphatic hydroxyl groups excluding tert-OH is 3. The van der Waals surface area contributed by atoms with Crippen LogP contribution in [0.25, 0.3) is 0 Å². The van der Waals surface area contributed by atoms with Crippen LogP contribution in [-0.4, -0.2) is 33.6 Å². The van der Waals surface area contributed by atoms with E-state index in [-0.39, 0.29) is 35.1 Å². The van der Waals surface area contributed by atoms with Crippen LogP contribution in [0.2, 0.25) is 0 Å². The van der Waals surface area contributed by atoms with Gasteiger partial charge >= 0.3 is 0 Å². The van der Waals surface area contributed by atoms with Gasteiger partial charge in [-0.05, 0) is 85.9 Å². The fraction of sp³-hybridized carbons (Fsp3) is 1.00. The van der Waals surface area contributed by atoms with Gasteiger partial charge in [-0.25, -0.2) is 0 Å². The zero-order valence-corrected chi connectivity index (χ0v) is 14.0. The second-order valence-corrected chi connectivity index (χ2v) is 9.36. The van der Waals surface area contributed by atoms with Crippen molar-refractivity contribution in [1.29, 1.82) is 0 Å². The molecule has 4 rings (SSSR count). The first-order valence-corrected chi connectivity index (χ1v) is 9.40. The van der Waals surface area contributed by atoms with E-state index in [1.54, 1.807) is 0 Å². The summed E-state index contributed by atoms with van der Waals surface area (Å²) in [5.74, 6) is 2.10. The Labute approximate surface area is 134 Å². The Kier molecular flexibility index (Phi) is 3.46. The first kappa shape index (κ1) is 15.4. The first-order valence-electron chi connectivity index (χ1n) is 9.40. The summed E-state index contributed by atoms with van der Waals surface area (Å²) in [5.41, 5.74) is 0.273. The van der Waals surface area contributed by atoms with Crippen LogP contribution in [0.5, 0.6) is 0 Å². The molecule has 0 radical (unpaired) electrons. The van der Waals surface area contributed by atoms with E-state index in [9.17, 15) is 15.3 Å². The number of hydrogen-bond donors (Lipinski definition) is 3. The van der Waals surface area contributed by atoms with E-state index in [1.807, 2.05) is 0 Å². The maximum atomic E-state index is 10.8. The summed E-state index contributed by atoms with van der Waals surface area (Å²) in [6.45, 7) is 4.68. The third kappa shape index (κ3) is 1.91. The highest BCUT2D eigenvalue weighted by Gasteiger charge is 2.61. The van der Waals surface area contributed by atoms with Crippen molar-refractivity contribution in [3.63, 3.8) is 0 Å². The van der Waals surface area contributed by atoms with Gasteiger partial charge in [0.1, 0.15) is 0 Å². The van der Waals surface area contributed by atoms with Crippen LogP contribution in [0.3, 0.4) is 0 Å². The third-order valence-corrected chi connectivity index (χ3v) is 8.60. The Morgan fingerprint density at radius 2 is 1.41 bits per heavy atom. The van der Waals surface area contributed by atoms with E-state index < -0.39 is 0 Å². The van der Waals surface area contributed by atoms with Gasteiger partial charge in [0.05, 0.1) is 18.3 Å². The van der Waals surface area contributed by atoms with Crippen LogP contribution in [0.4, 0.5) is 0 Å². The highest BCUT2D eigenvalue weighted by atomic mass is 16.3. The summed E-state index contributed by atoms with van der Waals surface area (Å²) >= 11 is 0. The molecule has 4 aliphatic rings. The van der Waals surface area contributed by atoms with Gasteiger partial charge in [-0.1, -0.05) is 13.8 Å². The Morgan fingerprint density at radius 3 is 2.18 bits per heavy atom. The largest absolute Gasteiger partial charge is 0.393 e. The second-order valence-electron chi connectivity index (χ2n) is 9.36. The molecular weight excluding hydrogens is 276 g/mol. The van der Waals surface area contributed by atoms with Gasteiger partial charge in [0.2, 0.25) is 0 Å². The summed E-state index contributed by atoms with van der Waals surface area (Å²) < 4.78 is 0. The van der Waals surface area contributed by atoms with Gasteiger partial charge in [-0.15, -0.1) is 0 Å². The highest BCUT2D eigenvalue weighted by Crippen LogP contribution is 2.66. The molecule has 0 unspecified atom stereocenters. The zero-order valence-electron chi connectivity index (χ0n) is 14.0. The summed E-state index contributed by atoms with van der Waals surface area (Å²) in [6.07, 6.45) is 7.42. The lowest BCUT2D eigenvalue weighted by molar-refractivity contribution is -0.174. The third-order valence-electron chi connectivity index (χ3n) is 8.60. The van der Waals surface area contributed by atoms with Crippen LogP contribution in [-0.2, 0) is 0 Å². The standard InChI is InChI=1S/C19H32O3/c1-18-7-5-11(20)9-15(18)16(21)10-12-13-3-4-17(22)19(13,2)8-6-14(12)18/h11-17,20-22H,3-10H2,1-2H3/t11-,12+,13+,14+,15+,16-,17+,18-,19+/m1/s1. The summed E-state index contributed by atoms with van der Waals surface area (Å²) in [6, 6.07) is 0. The van der Waals surface area contributed by atoms with Crippen LogP contribution >= 0.6 is 0 Å². The molecular formula is C19H32O3. The molecule has 0 aromatic rings. The topological polar surface area (TPSA) is 60.7 Å². The van der Waals surface area contributed by atoms with Crippen LogP contribution in [0, 0.1) is 34.5 Å². The van der Waals surface area contributed by atoms with Crippen molar-refractivity contribution in [1.82, 2.24) is 0 Å². The molecule has 22 heavy (non-hydrogen) atoms. The SMILES string of the molecule is C[C@]12CC[C@@H](O)C[C@H]1[C@H](O)C[C@@H]1[C@@H]2CC[C@]2(C)[C@@H](O)CC[C@@H]12. The summed E-state index contributed by atoms with van der Waals surface area (Å²) in [4.78, 5) is 0. The summed E-state index contributed by atoms with van der Waals surface area (Å²) in [5, 5.41) is 31.4. The maximum absolute atomic E-state index is 10.8. The van der Waals surface area contributed by atoms with E-state index in [4.69, 9.17) is 0 Å². The lowest BCUT2D eigenvalue weighted by Gasteiger charge is -2.61. The Morgan fingerprint density at radius 1 is 0.727 bits per heavy atom. The van der Waals surface area contributed by atoms with E-state index in [1.165, 1.54) is 6.42 Å². The molecule has 9 atom stereocenters. The number of rotatable bonds is 0. The Balaban J connectivity index is 1.66. The molecule has 4 saturated carbocycles. The van der Waals surface area contributed by atoms with Crippen molar-refractivity contribution in [3.8, 4) is 0 Å². The molecule has 0 aliphatic heterocycles. The molecule has 3 nitrogen and oxygen atoms in total. The minimum absolute atomic E-state index is 0.0816. The molecule has 0 bridgehead atoms. The number of fused-ring (bicyclic) bond motifs is 5. The van der Waals surface area contributed by atoms with Gasteiger partial charge in [-0.2, -0.15) is 0 Å². The summed E-state index contributed by atoms with van der Waals surface area (Å²) in [7, 11) is 0. The van der Waals surface area contributed by atoms with Gasteiger partial charge < -0.3 is 15.3 Å². The first-order chi connectivity index (χ1) is 10.4. The van der Waals surface area contributed by atoms with E-state index in [2.05, 4.69) is 13.8 Å². The fourth-order valence-electron chi connectivity index (χ4n) is 7.25. The molecule has 3 N–H and O–H groups in total. The van der Waals surface area contributed by atoms with Gasteiger partial charge in [-0.3, -0.25) is 0 Å². The average Bonchev–Trinajstić information content (AvgIpc) is 2.77. The monoisotopic (exact) mass is 308 g/mol. The smallest absolute Gasteiger partial charge is 0.0596 e. The van der Waals surface area contributed by atoms with Crippen molar-refractivity contribution in [2.45, 2.75) is 83.5 Å². The predicted octanol–water partition coefficient (Wildman–Crippen LogP) is 2.72. The van der Waals surface area contributed by atoms with Crippen LogP contribution < -0.4 is 0 Å². The molecule has 0 spiro atoms. The van der Waals surface area contributed by atoms with Crippen molar-refractivity contribution < 1.29 is 15.3 Å². The van der Waals surface area contributed by atoms with Crippen molar-refractivity contribution in [3.05, 3.63) is 0 Å². The molecule has 0 saturated heterocycles. The predicted molar refractivity (Wildman–Crippen MR) is 85.1 cm³/mol. The minimum atomic E-state index is -0.263. The molecule has 0 heterocycles. The fourth-order valence-corrected chi connectivity index (χ4v) is 7.25. The van der Waals surface area contributed by atoms with E-state index in [0.29, 0.717) is 17.8 Å². The van der Waals surface area contributed by atoms with Crippen molar-refractivity contribution in [2.24, 2.45) is 34.5 Å². The van der Waals surface area contributed by atoms with E-state index >= 15 is 0 Å². The molecule has 126 valence electrons. The van der Waals surface area contributed by atoms with Crippen LogP contribution in [0.1, 0.15) is 65.2 Å². The Bertz CT molecular complexity index is 452. The molecule has 4 fully saturated rings. The molecule has 3 heteroatoms. The maximum Gasteiger partial charge on any atom is 0.0596 e. The molecule has 0 aromatic carbocycles. The molecule has 0 amide bonds. The second kappa shape index (κ2) is 4.94. The van der Waals surface area contributed by atoms with Crippen molar-refractivity contribution >= 4 is 0 Å². The quantitative estimate of drug-likeness (QED) is 0.645. The van der Waals surface area contributed by atoms with Crippen molar-refractivity contribution in [2.75, 3.05) is 0 Å². The average molecular weight is 308 g/mol. The zero-order chi connectivity index (χ0) is 15.7. The van der Waals surface area contributed by atoms with E-state index in [0.717, 1.165) is 44.9 Å². The van der Waals surface area contributed by atoms with Gasteiger partial charge in [0.25, 0.3) is 0 Å². The van der Waals surface area contributed by atoms with Crippen LogP contribution in [0.15, 0.2) is 0 Å². The highest BCUT2D eigenvalue weighted by molar-refractivity contribution is 5.11. The Hall–Kier alpha value is -0.120. The number of hydrogen-bond acceptors (Lipinski definition) is 3. The van der Waals surface area contributed by atoms with Gasteiger partial charge in [0, 0.05) is 0 Å². The molecule has 4 aliphatic carbocycles. The van der Waals surface area contributed by atoms with Gasteiger partial charge in [0.15, 0.2) is 0 Å². The lowest BCUT2D eigenvalue weighted by Crippen LogP contribution is -2.58.